The zero-order valence-corrected chi connectivity index (χ0v) is 31.5. The van der Waals surface area contributed by atoms with Crippen LogP contribution in [0.3, 0.4) is 0 Å². The molecule has 14 N–H and O–H groups in total. The van der Waals surface area contributed by atoms with Gasteiger partial charge in [0.05, 0.1) is 25.3 Å². The molecule has 0 aliphatic rings. The number of carboxylic acid groups (broad SMARTS) is 5. The minimum absolute atomic E-state index is 0.0965. The molecule has 0 radical (unpaired) electrons. The smallest absolute Gasteiger partial charge is 0.326 e. The van der Waals surface area contributed by atoms with Crippen molar-refractivity contribution >= 4 is 70.3 Å². The number of carbonyl (C=O) groups is 10. The molecule has 2 aromatic carbocycles. The lowest BCUT2D eigenvalue weighted by atomic mass is 10.0. The van der Waals surface area contributed by atoms with E-state index in [2.05, 4.69) is 26.3 Å². The largest absolute Gasteiger partial charge is 0.508 e. The van der Waals surface area contributed by atoms with Crippen molar-refractivity contribution in [2.45, 2.75) is 81.2 Å². The summed E-state index contributed by atoms with van der Waals surface area (Å²) < 4.78 is 0. The summed E-state index contributed by atoms with van der Waals surface area (Å²) in [6, 6.07) is 1.42. The Labute approximate surface area is 338 Å². The molecular weight excluding hydrogens is 798 g/mol. The molecule has 0 unspecified atom stereocenters. The third-order valence-electron chi connectivity index (χ3n) is 8.76. The number of hydrogen-bond donors (Lipinski definition) is 13. The standard InChI is InChI=1S/C37H43N7O16/c38-21(13-29(48)49)32(54)41-25(14-30(50)51)35(57)40-23(9-10-28(46)47)33(55)43-26(15-31(52)53)36(58)42-24(12-18-16-39-22-4-2-1-3-20(18)22)34(56)44-27(37(59)60)11-17-5-7-19(45)8-6-17/h1-8,16,21,23-27,39,45H,9-15,38H2,(H,40,57)(H,41,54)(H,42,58)(H,43,55)(H,44,56)(H,46,47)(H,48,49)(H,50,51)(H,52,53)(H,59,60)/t21-,23-,24-,25-,26-,27-/m0/s1. The van der Waals surface area contributed by atoms with Gasteiger partial charge in [0.15, 0.2) is 0 Å². The number of aromatic nitrogens is 1. The van der Waals surface area contributed by atoms with Crippen molar-refractivity contribution in [3.63, 3.8) is 0 Å². The van der Waals surface area contributed by atoms with Crippen molar-refractivity contribution < 1.29 is 78.6 Å². The monoisotopic (exact) mass is 841 g/mol. The third kappa shape index (κ3) is 14.7. The van der Waals surface area contributed by atoms with Gasteiger partial charge in [0.25, 0.3) is 0 Å². The van der Waals surface area contributed by atoms with Crippen molar-refractivity contribution in [3.8, 4) is 5.75 Å². The Kier molecular flexibility index (Phi) is 17.0. The number of aromatic hydroxyl groups is 1. The molecule has 0 bridgehead atoms. The van der Waals surface area contributed by atoms with Gasteiger partial charge in [0.2, 0.25) is 29.5 Å². The van der Waals surface area contributed by atoms with E-state index < -0.39 is 128 Å². The second-order valence-corrected chi connectivity index (χ2v) is 13.4. The number of amides is 5. The Morgan fingerprint density at radius 3 is 1.58 bits per heavy atom. The van der Waals surface area contributed by atoms with Crippen LogP contribution < -0.4 is 32.3 Å². The van der Waals surface area contributed by atoms with E-state index in [4.69, 9.17) is 10.8 Å². The lowest BCUT2D eigenvalue weighted by Crippen LogP contribution is -2.60. The molecule has 0 aliphatic carbocycles. The van der Waals surface area contributed by atoms with Gasteiger partial charge in [-0.25, -0.2) is 4.79 Å². The van der Waals surface area contributed by atoms with Gasteiger partial charge in [-0.3, -0.25) is 43.2 Å². The second kappa shape index (κ2) is 21.8. The average molecular weight is 842 g/mol. The molecule has 23 heteroatoms. The molecule has 0 spiro atoms. The summed E-state index contributed by atoms with van der Waals surface area (Å²) in [5, 5.41) is 68.1. The van der Waals surface area contributed by atoms with Gasteiger partial charge in [0.1, 0.15) is 36.0 Å². The van der Waals surface area contributed by atoms with Crippen LogP contribution in [0.25, 0.3) is 10.9 Å². The highest BCUT2D eigenvalue weighted by molar-refractivity contribution is 5.99. The molecular formula is C37H43N7O16. The summed E-state index contributed by atoms with van der Waals surface area (Å²) in [4.78, 5) is 128. The molecule has 0 aliphatic heterocycles. The van der Waals surface area contributed by atoms with Gasteiger partial charge >= 0.3 is 29.8 Å². The molecule has 3 aromatic rings. The number of phenols is 1. The van der Waals surface area contributed by atoms with Crippen molar-refractivity contribution in [2.24, 2.45) is 5.73 Å². The van der Waals surface area contributed by atoms with E-state index in [-0.39, 0.29) is 18.6 Å². The van der Waals surface area contributed by atoms with Crippen LogP contribution in [0.4, 0.5) is 0 Å². The number of carbonyl (C=O) groups excluding carboxylic acids is 5. The molecule has 1 heterocycles. The van der Waals surface area contributed by atoms with E-state index >= 15 is 0 Å². The number of fused-ring (bicyclic) bond motifs is 1. The van der Waals surface area contributed by atoms with Gasteiger partial charge < -0.3 is 67.9 Å². The van der Waals surface area contributed by atoms with Crippen molar-refractivity contribution in [2.75, 3.05) is 0 Å². The molecule has 6 atom stereocenters. The van der Waals surface area contributed by atoms with E-state index in [9.17, 15) is 73.5 Å². The van der Waals surface area contributed by atoms with Crippen LogP contribution in [0.2, 0.25) is 0 Å². The van der Waals surface area contributed by atoms with Crippen molar-refractivity contribution in [1.82, 2.24) is 31.6 Å². The van der Waals surface area contributed by atoms with Crippen LogP contribution in [0.15, 0.2) is 54.7 Å². The normalized spacial score (nSPS) is 13.9. The fraction of sp³-hybridized carbons (Fsp3) is 0.351. The Bertz CT molecular complexity index is 2100. The number of aromatic amines is 1. The van der Waals surface area contributed by atoms with E-state index in [0.717, 1.165) is 0 Å². The molecule has 322 valence electrons. The molecule has 0 saturated heterocycles. The number of phenolic OH excluding ortho intramolecular Hbond substituents is 1. The first-order valence-electron chi connectivity index (χ1n) is 17.9. The number of para-hydroxylation sites is 1. The fourth-order valence-electron chi connectivity index (χ4n) is 5.75. The van der Waals surface area contributed by atoms with Gasteiger partial charge in [-0.2, -0.15) is 0 Å². The topological polar surface area (TPSA) is 394 Å². The summed E-state index contributed by atoms with van der Waals surface area (Å²) in [6.45, 7) is 0. The van der Waals surface area contributed by atoms with E-state index in [1.807, 2.05) is 5.32 Å². The Hall–Kier alpha value is -7.56. The van der Waals surface area contributed by atoms with E-state index in [1.54, 1.807) is 24.3 Å². The predicted molar refractivity (Wildman–Crippen MR) is 203 cm³/mol. The minimum Gasteiger partial charge on any atom is -0.508 e. The molecule has 60 heavy (non-hydrogen) atoms. The average Bonchev–Trinajstić information content (AvgIpc) is 3.57. The van der Waals surface area contributed by atoms with Crippen LogP contribution in [0.1, 0.15) is 43.2 Å². The Morgan fingerprint density at radius 1 is 0.550 bits per heavy atom. The SMILES string of the molecule is N[C@@H](CC(=O)O)C(=O)N[C@@H](CC(=O)O)C(=O)N[C@@H](CCC(=O)O)C(=O)N[C@@H](CC(=O)O)C(=O)N[C@@H](Cc1c[nH]c2ccccc12)C(=O)N[C@@H](Cc1ccc(O)cc1)C(=O)O. The van der Waals surface area contributed by atoms with Crippen LogP contribution in [0.5, 0.6) is 5.75 Å². The Balaban J connectivity index is 1.91. The maximum Gasteiger partial charge on any atom is 0.326 e. The van der Waals surface area contributed by atoms with Crippen molar-refractivity contribution in [1.29, 1.82) is 0 Å². The number of benzene rings is 2. The maximum atomic E-state index is 13.8. The first-order chi connectivity index (χ1) is 28.2. The van der Waals surface area contributed by atoms with Crippen LogP contribution in [-0.4, -0.2) is 131 Å². The highest BCUT2D eigenvalue weighted by Gasteiger charge is 2.35. The van der Waals surface area contributed by atoms with E-state index in [1.165, 1.54) is 30.5 Å². The quantitative estimate of drug-likeness (QED) is 0.0454. The first-order valence-corrected chi connectivity index (χ1v) is 17.9. The molecule has 0 fully saturated rings. The molecule has 5 amide bonds. The zero-order chi connectivity index (χ0) is 44.7. The maximum absolute atomic E-state index is 13.8. The van der Waals surface area contributed by atoms with Crippen LogP contribution in [0, 0.1) is 0 Å². The van der Waals surface area contributed by atoms with Gasteiger partial charge in [0, 0.05) is 36.4 Å². The Morgan fingerprint density at radius 2 is 1.03 bits per heavy atom. The number of carboxylic acids is 5. The lowest BCUT2D eigenvalue weighted by molar-refractivity contribution is -0.143. The minimum atomic E-state index is -2.03. The summed E-state index contributed by atoms with van der Waals surface area (Å²) >= 11 is 0. The second-order valence-electron chi connectivity index (χ2n) is 13.4. The van der Waals surface area contributed by atoms with E-state index in [0.29, 0.717) is 22.0 Å². The van der Waals surface area contributed by atoms with Gasteiger partial charge in [-0.05, 0) is 35.7 Å². The van der Waals surface area contributed by atoms with Crippen LogP contribution >= 0.6 is 0 Å². The number of rotatable bonds is 24. The number of nitrogens with two attached hydrogens (primary N) is 1. The summed E-state index contributed by atoms with van der Waals surface area (Å²) in [6.07, 6.45) is -3.74. The number of hydrogen-bond acceptors (Lipinski definition) is 12. The lowest BCUT2D eigenvalue weighted by Gasteiger charge is -2.26. The van der Waals surface area contributed by atoms with Gasteiger partial charge in [-0.1, -0.05) is 30.3 Å². The summed E-state index contributed by atoms with van der Waals surface area (Å²) in [7, 11) is 0. The van der Waals surface area contributed by atoms with Gasteiger partial charge in [-0.15, -0.1) is 0 Å². The third-order valence-corrected chi connectivity index (χ3v) is 8.76. The summed E-state index contributed by atoms with van der Waals surface area (Å²) in [5.74, 6) is -14.2. The van der Waals surface area contributed by atoms with Crippen LogP contribution in [-0.2, 0) is 60.8 Å². The number of aliphatic carboxylic acids is 5. The highest BCUT2D eigenvalue weighted by atomic mass is 16.4. The molecule has 1 aromatic heterocycles. The molecule has 0 saturated carbocycles. The number of nitrogens with one attached hydrogen (secondary N) is 6. The van der Waals surface area contributed by atoms with Crippen molar-refractivity contribution in [3.05, 3.63) is 65.9 Å². The molecule has 3 rings (SSSR count). The first kappa shape index (κ1) is 46.8. The molecule has 23 nitrogen and oxygen atoms in total. The highest BCUT2D eigenvalue weighted by Crippen LogP contribution is 2.20. The fourth-order valence-corrected chi connectivity index (χ4v) is 5.75. The summed E-state index contributed by atoms with van der Waals surface area (Å²) in [5.41, 5.74) is 6.99. The number of H-pyrrole nitrogens is 1. The zero-order valence-electron chi connectivity index (χ0n) is 31.5. The predicted octanol–water partition coefficient (Wildman–Crippen LogP) is -2.22.